The number of benzene rings is 3. The largest absolute Gasteiger partial charge is 0.417 e. The average molecular weight is 582 g/mol. The van der Waals surface area contributed by atoms with Gasteiger partial charge >= 0.3 is 6.18 Å². The second-order valence-electron chi connectivity index (χ2n) is 10.2. The summed E-state index contributed by atoms with van der Waals surface area (Å²) in [6, 6.07) is 23.1. The van der Waals surface area contributed by atoms with Crippen molar-refractivity contribution < 1.29 is 23.1 Å². The normalized spacial score (nSPS) is 15.9. The van der Waals surface area contributed by atoms with Gasteiger partial charge in [-0.25, -0.2) is 0 Å². The third kappa shape index (κ3) is 6.43. The number of hydrogen-bond donors (Lipinski definition) is 1. The molecule has 0 saturated carbocycles. The van der Waals surface area contributed by atoms with Crippen LogP contribution in [-0.2, 0) is 22.0 Å². The van der Waals surface area contributed by atoms with E-state index in [-0.39, 0.29) is 41.7 Å². The van der Waals surface area contributed by atoms with Crippen molar-refractivity contribution in [3.05, 3.63) is 106 Å². The van der Waals surface area contributed by atoms with Gasteiger partial charge in [0.25, 0.3) is 0 Å². The number of alkyl halides is 3. The van der Waals surface area contributed by atoms with Crippen molar-refractivity contribution >= 4 is 29.9 Å². The Balaban J connectivity index is 0.00000420. The number of carbonyl (C=O) groups is 1. The number of piperidine rings is 1. The molecule has 0 aliphatic carbocycles. The Morgan fingerprint density at radius 2 is 1.46 bits per heavy atom. The van der Waals surface area contributed by atoms with Crippen molar-refractivity contribution in [2.45, 2.75) is 36.5 Å². The van der Waals surface area contributed by atoms with Gasteiger partial charge in [0.05, 0.1) is 16.2 Å². The van der Waals surface area contributed by atoms with Crippen LogP contribution in [0.1, 0.15) is 41.5 Å². The van der Waals surface area contributed by atoms with Gasteiger partial charge in [-0.05, 0) is 54.6 Å². The number of rotatable bonds is 7. The van der Waals surface area contributed by atoms with E-state index in [0.717, 1.165) is 17.2 Å². The van der Waals surface area contributed by atoms with E-state index in [0.29, 0.717) is 26.1 Å². The second kappa shape index (κ2) is 12.3. The summed E-state index contributed by atoms with van der Waals surface area (Å²) in [7, 11) is 3.51. The van der Waals surface area contributed by atoms with Gasteiger partial charge < -0.3 is 14.9 Å². The minimum absolute atomic E-state index is 0. The van der Waals surface area contributed by atoms with E-state index in [1.54, 1.807) is 19.0 Å². The first-order valence-corrected chi connectivity index (χ1v) is 13.0. The Kier molecular flexibility index (Phi) is 9.76. The molecule has 4 rings (SSSR count). The molecule has 3 aromatic rings. The number of hydrogen-bond acceptors (Lipinski definition) is 3. The highest BCUT2D eigenvalue weighted by atomic mass is 35.5. The summed E-state index contributed by atoms with van der Waals surface area (Å²) in [4.78, 5) is 17.6. The number of nitrogens with zero attached hydrogens (tertiary/aromatic N) is 2. The third-order valence-electron chi connectivity index (χ3n) is 7.60. The maximum Gasteiger partial charge on any atom is 0.417 e. The molecule has 0 spiro atoms. The van der Waals surface area contributed by atoms with Crippen molar-refractivity contribution in [2.24, 2.45) is 0 Å². The maximum atomic E-state index is 13.8. The van der Waals surface area contributed by atoms with Crippen LogP contribution in [0.3, 0.4) is 0 Å². The molecule has 210 valence electrons. The quantitative estimate of drug-likeness (QED) is 0.345. The van der Waals surface area contributed by atoms with Crippen LogP contribution < -0.4 is 0 Å². The first-order chi connectivity index (χ1) is 18.0. The molecule has 0 radical (unpaired) electrons. The molecule has 1 saturated heterocycles. The van der Waals surface area contributed by atoms with Crippen molar-refractivity contribution in [3.63, 3.8) is 0 Å². The lowest BCUT2D eigenvalue weighted by molar-refractivity contribution is -0.138. The summed E-state index contributed by atoms with van der Waals surface area (Å²) in [5.74, 6) is -0.0238. The molecule has 1 N–H and O–H groups in total. The molecule has 0 aromatic heterocycles. The predicted octanol–water partition coefficient (Wildman–Crippen LogP) is 6.53. The van der Waals surface area contributed by atoms with E-state index in [4.69, 9.17) is 11.6 Å². The van der Waals surface area contributed by atoms with Gasteiger partial charge in [-0.1, -0.05) is 78.3 Å². The fraction of sp³-hybridized carbons (Fsp3) is 0.367. The Morgan fingerprint density at radius 3 is 1.92 bits per heavy atom. The molecule has 1 heterocycles. The number of amides is 1. The second-order valence-corrected chi connectivity index (χ2v) is 10.6. The molecule has 0 atom stereocenters. The molecular formula is C30H33Cl2F3N2O2. The van der Waals surface area contributed by atoms with E-state index >= 15 is 0 Å². The molecule has 3 aromatic carbocycles. The summed E-state index contributed by atoms with van der Waals surface area (Å²) < 4.78 is 40.2. The van der Waals surface area contributed by atoms with Gasteiger partial charge in [-0.15, -0.1) is 12.4 Å². The molecule has 1 fully saturated rings. The lowest BCUT2D eigenvalue weighted by Gasteiger charge is -2.41. The minimum atomic E-state index is -4.60. The summed E-state index contributed by atoms with van der Waals surface area (Å²) in [6.07, 6.45) is -3.54. The summed E-state index contributed by atoms with van der Waals surface area (Å²) in [5.41, 5.74) is -1.20. The monoisotopic (exact) mass is 580 g/mol. The highest BCUT2D eigenvalue weighted by Crippen LogP contribution is 2.41. The van der Waals surface area contributed by atoms with Crippen LogP contribution in [-0.4, -0.2) is 54.5 Å². The predicted molar refractivity (Wildman–Crippen MR) is 150 cm³/mol. The van der Waals surface area contributed by atoms with Crippen molar-refractivity contribution in [2.75, 3.05) is 33.7 Å². The van der Waals surface area contributed by atoms with E-state index in [1.807, 2.05) is 60.7 Å². The van der Waals surface area contributed by atoms with Crippen LogP contribution in [0.5, 0.6) is 0 Å². The van der Waals surface area contributed by atoms with E-state index in [9.17, 15) is 23.1 Å². The summed E-state index contributed by atoms with van der Waals surface area (Å²) in [6.45, 7) is 1.54. The zero-order valence-electron chi connectivity index (χ0n) is 21.9. The van der Waals surface area contributed by atoms with Crippen LogP contribution in [0.15, 0.2) is 78.9 Å². The molecule has 0 bridgehead atoms. The van der Waals surface area contributed by atoms with Gasteiger partial charge in [0, 0.05) is 27.2 Å². The third-order valence-corrected chi connectivity index (χ3v) is 7.93. The van der Waals surface area contributed by atoms with E-state index in [1.165, 1.54) is 12.1 Å². The first-order valence-electron chi connectivity index (χ1n) is 12.6. The van der Waals surface area contributed by atoms with Gasteiger partial charge in [0.1, 0.15) is 5.41 Å². The lowest BCUT2D eigenvalue weighted by atomic mass is 9.70. The van der Waals surface area contributed by atoms with Crippen LogP contribution >= 0.6 is 24.0 Å². The Hall–Kier alpha value is -2.58. The van der Waals surface area contributed by atoms with Crippen molar-refractivity contribution in [1.82, 2.24) is 9.80 Å². The van der Waals surface area contributed by atoms with Crippen LogP contribution in [0.2, 0.25) is 5.02 Å². The molecule has 1 amide bonds. The van der Waals surface area contributed by atoms with Crippen molar-refractivity contribution in [1.29, 1.82) is 0 Å². The molecule has 39 heavy (non-hydrogen) atoms. The first kappa shape index (κ1) is 31.0. The van der Waals surface area contributed by atoms with Gasteiger partial charge in [-0.3, -0.25) is 4.79 Å². The highest BCUT2D eigenvalue weighted by molar-refractivity contribution is 6.31. The number of likely N-dealkylation sites (N-methyl/N-ethyl adjacent to an activating group) is 1. The summed E-state index contributed by atoms with van der Waals surface area (Å²) >= 11 is 5.78. The number of likely N-dealkylation sites (tertiary alicyclic amines) is 1. The molecular weight excluding hydrogens is 548 g/mol. The molecule has 1 aliphatic heterocycles. The average Bonchev–Trinajstić information content (AvgIpc) is 2.90. The van der Waals surface area contributed by atoms with Crippen LogP contribution in [0, 0.1) is 0 Å². The lowest BCUT2D eigenvalue weighted by Crippen LogP contribution is -2.48. The number of aliphatic hydroxyl groups is 1. The van der Waals surface area contributed by atoms with E-state index < -0.39 is 22.8 Å². The SMILES string of the molecule is CN(C)C(=O)C(CCN1CCC(O)(c2ccc(Cl)c(C(F)(F)F)c2)CC1)(c1ccccc1)c1ccccc1.Cl. The minimum Gasteiger partial charge on any atom is -0.385 e. The van der Waals surface area contributed by atoms with Gasteiger partial charge in [0.2, 0.25) is 5.91 Å². The van der Waals surface area contributed by atoms with Crippen molar-refractivity contribution in [3.8, 4) is 0 Å². The topological polar surface area (TPSA) is 43.8 Å². The zero-order chi connectivity index (χ0) is 27.6. The molecule has 4 nitrogen and oxygen atoms in total. The van der Waals surface area contributed by atoms with Crippen LogP contribution in [0.4, 0.5) is 13.2 Å². The fourth-order valence-electron chi connectivity index (χ4n) is 5.43. The fourth-order valence-corrected chi connectivity index (χ4v) is 5.65. The standard InChI is InChI=1S/C30H32ClF3N2O2.ClH/c1-35(2)27(37)29(22-9-5-3-6-10-22,23-11-7-4-8-12-23)17-20-36-18-15-28(38,16-19-36)24-13-14-26(31)25(21-24)30(32,33)34;/h3-14,21,38H,15-20H2,1-2H3;1H. The molecule has 1 aliphatic rings. The Morgan fingerprint density at radius 1 is 0.949 bits per heavy atom. The number of carbonyl (C=O) groups excluding carboxylic acids is 1. The Bertz CT molecular complexity index is 1210. The highest BCUT2D eigenvalue weighted by Gasteiger charge is 2.44. The maximum absolute atomic E-state index is 13.8. The van der Waals surface area contributed by atoms with Crippen LogP contribution in [0.25, 0.3) is 0 Å². The smallest absolute Gasteiger partial charge is 0.385 e. The Labute approximate surface area is 238 Å². The zero-order valence-corrected chi connectivity index (χ0v) is 23.5. The molecule has 9 heteroatoms. The van der Waals surface area contributed by atoms with Gasteiger partial charge in [-0.2, -0.15) is 13.2 Å². The van der Waals surface area contributed by atoms with E-state index in [2.05, 4.69) is 4.90 Å². The summed E-state index contributed by atoms with van der Waals surface area (Å²) in [5, 5.41) is 10.9. The van der Waals surface area contributed by atoms with Gasteiger partial charge in [0.15, 0.2) is 0 Å². The number of halogens is 5. The molecule has 0 unspecified atom stereocenters.